The molecule has 2 aromatic rings. The zero-order valence-electron chi connectivity index (χ0n) is 15.5. The van der Waals surface area contributed by atoms with Crippen molar-refractivity contribution in [2.24, 2.45) is 0 Å². The van der Waals surface area contributed by atoms with E-state index in [1.165, 1.54) is 4.31 Å². The summed E-state index contributed by atoms with van der Waals surface area (Å²) in [6, 6.07) is 12.5. The Morgan fingerprint density at radius 2 is 1.63 bits per heavy atom. The van der Waals surface area contributed by atoms with Gasteiger partial charge in [0.2, 0.25) is 15.9 Å². The van der Waals surface area contributed by atoms with Gasteiger partial charge in [-0.05, 0) is 43.2 Å². The Morgan fingerprint density at radius 1 is 1.00 bits per heavy atom. The number of hydrogen-bond donors (Lipinski definition) is 0. The van der Waals surface area contributed by atoms with E-state index >= 15 is 0 Å². The van der Waals surface area contributed by atoms with E-state index in [2.05, 4.69) is 0 Å². The van der Waals surface area contributed by atoms with E-state index in [4.69, 9.17) is 11.6 Å². The number of piperazine rings is 1. The van der Waals surface area contributed by atoms with Crippen LogP contribution in [0.1, 0.15) is 16.7 Å². The highest BCUT2D eigenvalue weighted by atomic mass is 35.5. The van der Waals surface area contributed by atoms with Gasteiger partial charge in [0.25, 0.3) is 0 Å². The number of amides is 1. The predicted octanol–water partition coefficient (Wildman–Crippen LogP) is 3.03. The van der Waals surface area contributed by atoms with Crippen molar-refractivity contribution in [2.45, 2.75) is 25.2 Å². The maximum absolute atomic E-state index is 12.9. The second kappa shape index (κ2) is 8.00. The third-order valence-corrected chi connectivity index (χ3v) is 7.12. The molecule has 1 saturated heterocycles. The van der Waals surface area contributed by atoms with Crippen molar-refractivity contribution >= 4 is 27.5 Å². The van der Waals surface area contributed by atoms with E-state index in [9.17, 15) is 13.2 Å². The van der Waals surface area contributed by atoms with Crippen molar-refractivity contribution in [3.63, 3.8) is 0 Å². The maximum Gasteiger partial charge on any atom is 0.243 e. The lowest BCUT2D eigenvalue weighted by Gasteiger charge is -2.34. The molecular formula is C20H23ClN2O3S. The number of carbonyl (C=O) groups excluding carboxylic acids is 1. The Bertz CT molecular complexity index is 934. The molecule has 1 fully saturated rings. The Kier molecular flexibility index (Phi) is 5.89. The summed E-state index contributed by atoms with van der Waals surface area (Å²) in [7, 11) is -3.54. The molecule has 2 aromatic carbocycles. The first kappa shape index (κ1) is 19.9. The highest BCUT2D eigenvalue weighted by molar-refractivity contribution is 7.89. The molecule has 3 rings (SSSR count). The molecule has 7 heteroatoms. The van der Waals surface area contributed by atoms with Gasteiger partial charge < -0.3 is 4.90 Å². The van der Waals surface area contributed by atoms with Gasteiger partial charge in [-0.3, -0.25) is 4.79 Å². The van der Waals surface area contributed by atoms with Crippen molar-refractivity contribution in [3.05, 3.63) is 64.2 Å². The number of carbonyl (C=O) groups is 1. The number of sulfonamides is 1. The molecule has 0 spiro atoms. The molecule has 0 unspecified atom stereocenters. The van der Waals surface area contributed by atoms with Crippen LogP contribution in [0.4, 0.5) is 0 Å². The van der Waals surface area contributed by atoms with Crippen LogP contribution in [-0.4, -0.2) is 49.7 Å². The van der Waals surface area contributed by atoms with Gasteiger partial charge in [0.05, 0.1) is 11.3 Å². The molecule has 0 atom stereocenters. The predicted molar refractivity (Wildman–Crippen MR) is 106 cm³/mol. The summed E-state index contributed by atoms with van der Waals surface area (Å²) in [4.78, 5) is 14.6. The lowest BCUT2D eigenvalue weighted by atomic mass is 10.1. The molecule has 1 aliphatic rings. The second-order valence-electron chi connectivity index (χ2n) is 6.86. The normalized spacial score (nSPS) is 15.7. The SMILES string of the molecule is Cc1ccc(S(=O)(=O)N2CCN(C(=O)Cc3ccc(Cl)cc3)CC2)c(C)c1. The highest BCUT2D eigenvalue weighted by Gasteiger charge is 2.30. The third-order valence-electron chi connectivity index (χ3n) is 4.81. The van der Waals surface area contributed by atoms with E-state index in [0.29, 0.717) is 42.5 Å². The number of halogens is 1. The summed E-state index contributed by atoms with van der Waals surface area (Å²) in [5, 5.41) is 0.636. The van der Waals surface area contributed by atoms with Crippen molar-refractivity contribution in [2.75, 3.05) is 26.2 Å². The minimum atomic E-state index is -3.54. The van der Waals surface area contributed by atoms with Crippen molar-refractivity contribution in [3.8, 4) is 0 Å². The summed E-state index contributed by atoms with van der Waals surface area (Å²) in [5.74, 6) is 0.000821. The molecular weight excluding hydrogens is 384 g/mol. The first-order valence-electron chi connectivity index (χ1n) is 8.87. The smallest absolute Gasteiger partial charge is 0.243 e. The van der Waals surface area contributed by atoms with Gasteiger partial charge in [0, 0.05) is 31.2 Å². The Balaban J connectivity index is 1.64. The minimum absolute atomic E-state index is 0.000821. The fraction of sp³-hybridized carbons (Fsp3) is 0.350. The fourth-order valence-corrected chi connectivity index (χ4v) is 5.05. The topological polar surface area (TPSA) is 57.7 Å². The van der Waals surface area contributed by atoms with Gasteiger partial charge in [-0.1, -0.05) is 41.4 Å². The van der Waals surface area contributed by atoms with Crippen LogP contribution in [0.5, 0.6) is 0 Å². The number of nitrogens with zero attached hydrogens (tertiary/aromatic N) is 2. The quantitative estimate of drug-likeness (QED) is 0.784. The minimum Gasteiger partial charge on any atom is -0.340 e. The van der Waals surface area contributed by atoms with E-state index in [1.807, 2.05) is 38.1 Å². The number of hydrogen-bond acceptors (Lipinski definition) is 3. The van der Waals surface area contributed by atoms with Gasteiger partial charge >= 0.3 is 0 Å². The molecule has 1 heterocycles. The van der Waals surface area contributed by atoms with Crippen LogP contribution in [0, 0.1) is 13.8 Å². The molecule has 0 radical (unpaired) electrons. The molecule has 1 aliphatic heterocycles. The van der Waals surface area contributed by atoms with Crippen LogP contribution in [0.25, 0.3) is 0 Å². The van der Waals surface area contributed by atoms with Crippen LogP contribution in [0.3, 0.4) is 0 Å². The summed E-state index contributed by atoms with van der Waals surface area (Å²) in [6.45, 7) is 5.16. The summed E-state index contributed by atoms with van der Waals surface area (Å²) in [6.07, 6.45) is 0.293. The Morgan fingerprint density at radius 3 is 2.22 bits per heavy atom. The molecule has 144 valence electrons. The van der Waals surface area contributed by atoms with E-state index < -0.39 is 10.0 Å². The van der Waals surface area contributed by atoms with E-state index in [0.717, 1.165) is 16.7 Å². The van der Waals surface area contributed by atoms with Crippen molar-refractivity contribution < 1.29 is 13.2 Å². The fourth-order valence-electron chi connectivity index (χ4n) is 3.29. The van der Waals surface area contributed by atoms with Crippen LogP contribution in [0.2, 0.25) is 5.02 Å². The average molecular weight is 407 g/mol. The molecule has 1 amide bonds. The number of rotatable bonds is 4. The first-order chi connectivity index (χ1) is 12.8. The van der Waals surface area contributed by atoms with Gasteiger partial charge in [-0.15, -0.1) is 0 Å². The number of aryl methyl sites for hydroxylation is 2. The average Bonchev–Trinajstić information content (AvgIpc) is 2.63. The summed E-state index contributed by atoms with van der Waals surface area (Å²) < 4.78 is 27.3. The standard InChI is InChI=1S/C20H23ClN2O3S/c1-15-3-8-19(16(2)13-15)27(25,26)23-11-9-22(10-12-23)20(24)14-17-4-6-18(21)7-5-17/h3-8,13H,9-12,14H2,1-2H3. The van der Waals surface area contributed by atoms with Crippen molar-refractivity contribution in [1.82, 2.24) is 9.21 Å². The molecule has 0 bridgehead atoms. The largest absolute Gasteiger partial charge is 0.340 e. The summed E-state index contributed by atoms with van der Waals surface area (Å²) >= 11 is 5.87. The lowest BCUT2D eigenvalue weighted by Crippen LogP contribution is -2.50. The lowest BCUT2D eigenvalue weighted by molar-refractivity contribution is -0.131. The van der Waals surface area contributed by atoms with Crippen LogP contribution >= 0.6 is 11.6 Å². The zero-order valence-corrected chi connectivity index (χ0v) is 17.1. The molecule has 0 N–H and O–H groups in total. The zero-order chi connectivity index (χ0) is 19.6. The maximum atomic E-state index is 12.9. The third kappa shape index (κ3) is 4.51. The molecule has 0 saturated carbocycles. The Labute approximate surface area is 165 Å². The molecule has 0 aliphatic carbocycles. The van der Waals surface area contributed by atoms with E-state index in [1.54, 1.807) is 23.1 Å². The summed E-state index contributed by atoms with van der Waals surface area (Å²) in [5.41, 5.74) is 2.68. The Hall–Kier alpha value is -1.89. The second-order valence-corrected chi connectivity index (χ2v) is 9.20. The first-order valence-corrected chi connectivity index (χ1v) is 10.7. The van der Waals surface area contributed by atoms with Crippen LogP contribution in [-0.2, 0) is 21.2 Å². The van der Waals surface area contributed by atoms with E-state index in [-0.39, 0.29) is 5.91 Å². The highest BCUT2D eigenvalue weighted by Crippen LogP contribution is 2.22. The van der Waals surface area contributed by atoms with Gasteiger partial charge in [-0.25, -0.2) is 8.42 Å². The van der Waals surface area contributed by atoms with Crippen molar-refractivity contribution in [1.29, 1.82) is 0 Å². The van der Waals surface area contributed by atoms with Crippen LogP contribution < -0.4 is 0 Å². The van der Waals surface area contributed by atoms with Gasteiger partial charge in [0.1, 0.15) is 0 Å². The van der Waals surface area contributed by atoms with Crippen LogP contribution in [0.15, 0.2) is 47.4 Å². The number of benzene rings is 2. The molecule has 5 nitrogen and oxygen atoms in total. The van der Waals surface area contributed by atoms with Gasteiger partial charge in [-0.2, -0.15) is 4.31 Å². The monoisotopic (exact) mass is 406 g/mol. The molecule has 0 aromatic heterocycles. The molecule has 27 heavy (non-hydrogen) atoms. The van der Waals surface area contributed by atoms with Gasteiger partial charge in [0.15, 0.2) is 0 Å².